The summed E-state index contributed by atoms with van der Waals surface area (Å²) in [6.07, 6.45) is 23.6. The molecule has 0 fully saturated rings. The van der Waals surface area contributed by atoms with Crippen molar-refractivity contribution < 1.29 is 9.59 Å². The molecule has 0 aliphatic carbocycles. The van der Waals surface area contributed by atoms with E-state index in [0.29, 0.717) is 32.6 Å². The highest BCUT2D eigenvalue weighted by Crippen LogP contribution is 2.05. The van der Waals surface area contributed by atoms with Gasteiger partial charge in [-0.15, -0.1) is 0 Å². The highest BCUT2D eigenvalue weighted by molar-refractivity contribution is 5.88. The van der Waals surface area contributed by atoms with Crippen LogP contribution in [0.5, 0.6) is 0 Å². The van der Waals surface area contributed by atoms with Crippen LogP contribution < -0.4 is 16.8 Å². The van der Waals surface area contributed by atoms with E-state index in [-0.39, 0.29) is 17.8 Å². The highest BCUT2D eigenvalue weighted by atomic mass is 16.2. The fourth-order valence-corrected chi connectivity index (χ4v) is 3.25. The zero-order chi connectivity index (χ0) is 26.2. The first kappa shape index (κ1) is 32.2. The second kappa shape index (κ2) is 22.9. The van der Waals surface area contributed by atoms with Gasteiger partial charge in [0.2, 0.25) is 11.8 Å². The molecule has 0 heterocycles. The summed E-state index contributed by atoms with van der Waals surface area (Å²) in [6, 6.07) is 0. The van der Waals surface area contributed by atoms with Gasteiger partial charge in [0.1, 0.15) is 0 Å². The van der Waals surface area contributed by atoms with Crippen molar-refractivity contribution in [2.75, 3.05) is 26.2 Å². The van der Waals surface area contributed by atoms with E-state index >= 15 is 0 Å². The van der Waals surface area contributed by atoms with Crippen molar-refractivity contribution in [1.82, 2.24) is 10.2 Å². The summed E-state index contributed by atoms with van der Waals surface area (Å²) in [7, 11) is 0. The standard InChI is InChI=1S/C28H49N5O2/c1-4-5-6-7-8-9-10-11-12-13-15-19-27(35)33(22-17-14-16-20-32-28(29)30)23-18-21-31-26(34)24-25(2)3/h7-8,10-11,13,15,24H,4-6,9,12,14,16-23H2,1-3H3,(H,31,34)(H4,29,30,32)/b8-7+,11-10+,15-13+. The lowest BCUT2D eigenvalue weighted by atomic mass is 10.2. The molecule has 2 amide bonds. The third kappa shape index (κ3) is 22.7. The minimum atomic E-state index is -0.0879. The maximum Gasteiger partial charge on any atom is 0.243 e. The largest absolute Gasteiger partial charge is 0.370 e. The van der Waals surface area contributed by atoms with Crippen molar-refractivity contribution in [2.45, 2.75) is 85.0 Å². The molecule has 0 rings (SSSR count). The van der Waals surface area contributed by atoms with Crippen molar-refractivity contribution in [2.24, 2.45) is 16.5 Å². The fourth-order valence-electron chi connectivity index (χ4n) is 3.25. The van der Waals surface area contributed by atoms with Crippen molar-refractivity contribution in [3.8, 4) is 0 Å². The number of carbonyl (C=O) groups is 2. The Labute approximate surface area is 213 Å². The van der Waals surface area contributed by atoms with Gasteiger partial charge in [0, 0.05) is 38.7 Å². The highest BCUT2D eigenvalue weighted by Gasteiger charge is 2.11. The second-order valence-electron chi connectivity index (χ2n) is 8.85. The van der Waals surface area contributed by atoms with Gasteiger partial charge in [0.25, 0.3) is 0 Å². The van der Waals surface area contributed by atoms with Gasteiger partial charge in [0.15, 0.2) is 5.96 Å². The van der Waals surface area contributed by atoms with E-state index < -0.39 is 0 Å². The van der Waals surface area contributed by atoms with Crippen LogP contribution in [0.3, 0.4) is 0 Å². The van der Waals surface area contributed by atoms with E-state index in [1.807, 2.05) is 30.9 Å². The Morgan fingerprint density at radius 2 is 1.51 bits per heavy atom. The summed E-state index contributed by atoms with van der Waals surface area (Å²) < 4.78 is 0. The van der Waals surface area contributed by atoms with Crippen molar-refractivity contribution >= 4 is 17.8 Å². The van der Waals surface area contributed by atoms with Crippen LogP contribution in [0.15, 0.2) is 53.1 Å². The molecule has 198 valence electrons. The van der Waals surface area contributed by atoms with Gasteiger partial charge in [-0.3, -0.25) is 14.6 Å². The van der Waals surface area contributed by atoms with Gasteiger partial charge < -0.3 is 21.7 Å². The van der Waals surface area contributed by atoms with Crippen LogP contribution in [0.25, 0.3) is 0 Å². The van der Waals surface area contributed by atoms with Gasteiger partial charge in [-0.25, -0.2) is 0 Å². The first-order chi connectivity index (χ1) is 16.9. The van der Waals surface area contributed by atoms with Crippen LogP contribution in [0.2, 0.25) is 0 Å². The van der Waals surface area contributed by atoms with Gasteiger partial charge in [-0.1, -0.05) is 61.8 Å². The average Bonchev–Trinajstić information content (AvgIpc) is 2.80. The smallest absolute Gasteiger partial charge is 0.243 e. The zero-order valence-corrected chi connectivity index (χ0v) is 22.3. The molecule has 0 aliphatic rings. The SMILES string of the molecule is CCCC/C=C/C/C=C/C/C=C/CC(=O)N(CCCCCN=C(N)N)CCCNC(=O)C=C(C)C. The maximum absolute atomic E-state index is 12.8. The minimum Gasteiger partial charge on any atom is -0.370 e. The normalized spacial score (nSPS) is 11.3. The van der Waals surface area contributed by atoms with Crippen LogP contribution in [0.4, 0.5) is 0 Å². The number of nitrogens with one attached hydrogen (secondary N) is 1. The minimum absolute atomic E-state index is 0.0879. The number of allylic oxidation sites excluding steroid dienone is 6. The molecule has 0 aliphatic heterocycles. The quantitative estimate of drug-likeness (QED) is 0.0755. The molecule has 0 aromatic heterocycles. The Balaban J connectivity index is 4.46. The molecule has 0 saturated carbocycles. The molecule has 0 radical (unpaired) electrons. The summed E-state index contributed by atoms with van der Waals surface area (Å²) in [5.41, 5.74) is 11.7. The Morgan fingerprint density at radius 3 is 2.17 bits per heavy atom. The Hall–Kier alpha value is -2.83. The molecule has 0 atom stereocenters. The molecular weight excluding hydrogens is 438 g/mol. The fraction of sp³-hybridized carbons (Fsp3) is 0.607. The third-order valence-electron chi connectivity index (χ3n) is 5.12. The number of nitrogens with zero attached hydrogens (tertiary/aromatic N) is 2. The summed E-state index contributed by atoms with van der Waals surface area (Å²) >= 11 is 0. The average molecular weight is 488 g/mol. The number of hydrogen-bond donors (Lipinski definition) is 3. The first-order valence-electron chi connectivity index (χ1n) is 13.1. The molecule has 7 nitrogen and oxygen atoms in total. The summed E-state index contributed by atoms with van der Waals surface area (Å²) in [5, 5.41) is 2.88. The summed E-state index contributed by atoms with van der Waals surface area (Å²) in [4.78, 5) is 30.4. The Kier molecular flexibility index (Phi) is 21.1. The van der Waals surface area contributed by atoms with Crippen LogP contribution in [0.1, 0.15) is 85.0 Å². The lowest BCUT2D eigenvalue weighted by Gasteiger charge is -2.22. The van der Waals surface area contributed by atoms with Crippen LogP contribution in [0, 0.1) is 0 Å². The first-order valence-corrected chi connectivity index (χ1v) is 13.1. The molecule has 35 heavy (non-hydrogen) atoms. The molecule has 0 spiro atoms. The number of nitrogens with two attached hydrogens (primary N) is 2. The molecule has 0 unspecified atom stereocenters. The number of aliphatic imine (C=N–C) groups is 1. The predicted molar refractivity (Wildman–Crippen MR) is 149 cm³/mol. The predicted octanol–water partition coefficient (Wildman–Crippen LogP) is 4.76. The van der Waals surface area contributed by atoms with Gasteiger partial charge in [0.05, 0.1) is 0 Å². The van der Waals surface area contributed by atoms with E-state index in [1.54, 1.807) is 6.08 Å². The topological polar surface area (TPSA) is 114 Å². The number of hydrogen-bond acceptors (Lipinski definition) is 3. The lowest BCUT2D eigenvalue weighted by Crippen LogP contribution is -2.34. The maximum atomic E-state index is 12.8. The zero-order valence-electron chi connectivity index (χ0n) is 22.3. The van der Waals surface area contributed by atoms with Crippen molar-refractivity contribution in [3.05, 3.63) is 48.1 Å². The number of carbonyl (C=O) groups excluding carboxylic acids is 2. The number of amides is 2. The molecule has 7 heteroatoms. The summed E-state index contributed by atoms with van der Waals surface area (Å²) in [5.74, 6) is 0.140. The molecule has 0 saturated heterocycles. The van der Waals surface area contributed by atoms with Crippen LogP contribution >= 0.6 is 0 Å². The molecule has 0 aromatic carbocycles. The van der Waals surface area contributed by atoms with Gasteiger partial charge >= 0.3 is 0 Å². The van der Waals surface area contributed by atoms with E-state index in [0.717, 1.165) is 50.5 Å². The molecule has 0 aromatic rings. The number of guanidine groups is 1. The Morgan fingerprint density at radius 1 is 0.857 bits per heavy atom. The monoisotopic (exact) mass is 487 g/mol. The second-order valence-corrected chi connectivity index (χ2v) is 8.85. The Bertz CT molecular complexity index is 715. The number of rotatable bonds is 20. The lowest BCUT2D eigenvalue weighted by molar-refractivity contribution is -0.130. The van der Waals surface area contributed by atoms with Gasteiger partial charge in [-0.05, 0) is 58.8 Å². The molecule has 0 bridgehead atoms. The van der Waals surface area contributed by atoms with E-state index in [1.165, 1.54) is 12.8 Å². The van der Waals surface area contributed by atoms with E-state index in [4.69, 9.17) is 11.5 Å². The number of unbranched alkanes of at least 4 members (excludes halogenated alkanes) is 4. The van der Waals surface area contributed by atoms with Gasteiger partial charge in [-0.2, -0.15) is 0 Å². The van der Waals surface area contributed by atoms with Crippen molar-refractivity contribution in [3.63, 3.8) is 0 Å². The third-order valence-corrected chi connectivity index (χ3v) is 5.12. The summed E-state index contributed by atoms with van der Waals surface area (Å²) in [6.45, 7) is 8.46. The molecule has 5 N–H and O–H groups in total. The van der Waals surface area contributed by atoms with E-state index in [2.05, 4.69) is 41.5 Å². The molecular formula is C28H49N5O2. The van der Waals surface area contributed by atoms with Crippen LogP contribution in [-0.2, 0) is 9.59 Å². The van der Waals surface area contributed by atoms with Crippen molar-refractivity contribution in [1.29, 1.82) is 0 Å². The van der Waals surface area contributed by atoms with E-state index in [9.17, 15) is 9.59 Å². The van der Waals surface area contributed by atoms with Crippen LogP contribution in [-0.4, -0.2) is 48.9 Å².